The molecule has 15 heteroatoms. The fourth-order valence-corrected chi connectivity index (χ4v) is 23.8. The van der Waals surface area contributed by atoms with Crippen LogP contribution in [0.3, 0.4) is 0 Å². The van der Waals surface area contributed by atoms with Gasteiger partial charge in [-0.05, 0) is 168 Å². The normalized spacial score (nSPS) is 13.3. The quantitative estimate of drug-likeness (QED) is 0.112. The Hall–Kier alpha value is -19.0. The molecule has 3 aliphatic heterocycles. The SMILES string of the molecule is CC1(C)c2ccccc2-n2c(-c3nc(-c4ccccc4)cc(-c4ccccc4)n3)c3c4ccccc4n(-c4ccc(-c5nc6ccccc6n5-c5ccccc5)cc4)c3c21.CC1(C)c2ccccc2-n2c(-c3nc(-c4ccccc4)nc(-c4ccccc4)n3)c3c4ccccc4n(-c4ccccc4)c3c21.CC1(C)c2ccccc2-n2cc3c4ccccc4n(-c4ccc(-c5nc6ccccc6n5-c5ccccc5)cc4)c3c21. The molecule has 0 fully saturated rings. The van der Waals surface area contributed by atoms with Crippen molar-refractivity contribution in [3.05, 3.63) is 501 Å². The highest BCUT2D eigenvalue weighted by molar-refractivity contribution is 6.20. The van der Waals surface area contributed by atoms with Gasteiger partial charge in [0, 0.05) is 122 Å². The zero-order valence-electron chi connectivity index (χ0n) is 81.7. The van der Waals surface area contributed by atoms with E-state index in [0.29, 0.717) is 23.3 Å². The molecule has 27 aromatic rings. The van der Waals surface area contributed by atoms with E-state index in [1.54, 1.807) is 0 Å². The van der Waals surface area contributed by atoms with Gasteiger partial charge in [0.1, 0.15) is 23.0 Å². The third-order valence-electron chi connectivity index (χ3n) is 30.4. The lowest BCUT2D eigenvalue weighted by atomic mass is 9.83. The lowest BCUT2D eigenvalue weighted by Gasteiger charge is -2.21. The van der Waals surface area contributed by atoms with Crippen LogP contribution in [0.2, 0.25) is 0 Å². The second kappa shape index (κ2) is 33.6. The molecule has 147 heavy (non-hydrogen) atoms. The molecule has 0 spiro atoms. The van der Waals surface area contributed by atoms with Gasteiger partial charge in [-0.3, -0.25) is 9.13 Å². The van der Waals surface area contributed by atoms with Crippen molar-refractivity contribution >= 4 is 87.5 Å². The molecule has 0 radical (unpaired) electrons. The number of para-hydroxylation sites is 13. The van der Waals surface area contributed by atoms with E-state index in [0.717, 1.165) is 162 Å². The van der Waals surface area contributed by atoms with Crippen LogP contribution in [0.4, 0.5) is 0 Å². The number of imidazole rings is 2. The maximum atomic E-state index is 5.45. The van der Waals surface area contributed by atoms with Crippen LogP contribution in [0.1, 0.15) is 75.3 Å². The summed E-state index contributed by atoms with van der Waals surface area (Å²) >= 11 is 0. The first-order valence-corrected chi connectivity index (χ1v) is 50.3. The summed E-state index contributed by atoms with van der Waals surface area (Å²) in [6, 6.07) is 162. The fourth-order valence-electron chi connectivity index (χ4n) is 23.8. The minimum absolute atomic E-state index is 0.120. The van der Waals surface area contributed by atoms with Crippen molar-refractivity contribution in [1.82, 2.24) is 71.4 Å². The maximum Gasteiger partial charge on any atom is 0.181 e. The summed E-state index contributed by atoms with van der Waals surface area (Å²) in [5.41, 5.74) is 37.3. The molecule has 0 aliphatic carbocycles. The van der Waals surface area contributed by atoms with E-state index in [1.807, 2.05) is 48.5 Å². The zero-order valence-corrected chi connectivity index (χ0v) is 81.7. The number of aromatic nitrogens is 15. The van der Waals surface area contributed by atoms with Gasteiger partial charge in [-0.25, -0.2) is 34.9 Å². The van der Waals surface area contributed by atoms with Crippen LogP contribution in [-0.2, 0) is 16.2 Å². The second-order valence-corrected chi connectivity index (χ2v) is 40.0. The van der Waals surface area contributed by atoms with Gasteiger partial charge in [-0.15, -0.1) is 0 Å². The molecule has 0 saturated carbocycles. The Kier molecular flexibility index (Phi) is 19.6. The molecule has 0 unspecified atom stereocenters. The van der Waals surface area contributed by atoms with E-state index >= 15 is 0 Å². The van der Waals surface area contributed by atoms with Gasteiger partial charge < -0.3 is 27.4 Å². The predicted molar refractivity (Wildman–Crippen MR) is 598 cm³/mol. The standard InChI is InChI=1S/C54H38N6.C40H29N5.C38H28N4/c1-54(2)41-25-13-16-28-46(41)60-50(52-55-43(35-18-6-3-7-19-35)34-44(56-52)36-20-8-4-9-21-36)48-40-24-12-15-27-45(40)58(49(48)51(54)60)39-32-30-37(31-33-39)53-57-42-26-14-17-29-47(42)59(53)38-22-10-5-11-23-38;1-40(2)30-23-13-15-25-32(30)45-35(33-29-22-12-14-24-31(29)44(34(33)36(40)45)28-20-10-5-11-21-28)39-42-37(26-16-6-3-7-17-26)41-38(43-39)27-18-8-4-9-19-27;1-38(2)30-15-7-10-18-33(30)40-24-29-28-14-6-9-17-32(28)41(35(29)36(38)40)27-22-20-25(21-23-27)37-39-31-16-8-11-19-34(31)42(37)26-12-4-3-5-13-26/h3-34H,1-2H3;3-25H,1-2H3;3-24H,1-2H3. The van der Waals surface area contributed by atoms with E-state index in [-0.39, 0.29) is 16.2 Å². The van der Waals surface area contributed by atoms with Crippen molar-refractivity contribution in [2.75, 3.05) is 0 Å². The molecule has 30 rings (SSSR count). The Labute approximate surface area is 848 Å². The van der Waals surface area contributed by atoms with Crippen LogP contribution >= 0.6 is 0 Å². The first kappa shape index (κ1) is 85.9. The average Bonchev–Trinajstić information content (AvgIpc) is 1.51. The third kappa shape index (κ3) is 13.4. The Balaban J connectivity index is 0.000000109. The number of hydrogen-bond donors (Lipinski definition) is 0. The number of fused-ring (bicyclic) bond motifs is 23. The minimum atomic E-state index is -0.334. The molecule has 3 aliphatic rings. The van der Waals surface area contributed by atoms with Crippen LogP contribution in [-0.4, -0.2) is 71.4 Å². The zero-order chi connectivity index (χ0) is 98.1. The molecule has 15 nitrogen and oxygen atoms in total. The summed E-state index contributed by atoms with van der Waals surface area (Å²) in [6.07, 6.45) is 2.34. The molecule has 0 amide bonds. The predicted octanol–water partition coefficient (Wildman–Crippen LogP) is 31.6. The molecule has 698 valence electrons. The van der Waals surface area contributed by atoms with Crippen molar-refractivity contribution in [1.29, 1.82) is 0 Å². The Morgan fingerprint density at radius 3 is 0.918 bits per heavy atom. The van der Waals surface area contributed by atoms with Crippen molar-refractivity contribution in [2.45, 2.75) is 57.8 Å². The molecule has 0 bridgehead atoms. The summed E-state index contributed by atoms with van der Waals surface area (Å²) in [7, 11) is 0. The molecular formula is C132H95N15. The highest BCUT2D eigenvalue weighted by Crippen LogP contribution is 2.58. The van der Waals surface area contributed by atoms with Gasteiger partial charge in [0.15, 0.2) is 23.3 Å². The van der Waals surface area contributed by atoms with Crippen molar-refractivity contribution in [3.63, 3.8) is 0 Å². The van der Waals surface area contributed by atoms with Crippen LogP contribution in [0.15, 0.2) is 467 Å². The summed E-state index contributed by atoms with van der Waals surface area (Å²) < 4.78 is 19.1. The third-order valence-corrected chi connectivity index (χ3v) is 30.4. The number of hydrogen-bond acceptors (Lipinski definition) is 7. The van der Waals surface area contributed by atoms with E-state index in [4.69, 9.17) is 34.9 Å². The molecule has 10 aromatic heterocycles. The highest BCUT2D eigenvalue weighted by Gasteiger charge is 2.46. The molecule has 0 saturated heterocycles. The molecule has 13 heterocycles. The molecule has 0 N–H and O–H groups in total. The van der Waals surface area contributed by atoms with Crippen molar-refractivity contribution < 1.29 is 0 Å². The largest absolute Gasteiger partial charge is 0.317 e. The number of nitrogens with zero attached hydrogens (tertiary/aromatic N) is 15. The average molecular weight is 1890 g/mol. The minimum Gasteiger partial charge on any atom is -0.317 e. The van der Waals surface area contributed by atoms with Gasteiger partial charge in [0.25, 0.3) is 0 Å². The monoisotopic (exact) mass is 1890 g/mol. The van der Waals surface area contributed by atoms with Gasteiger partial charge in [0.2, 0.25) is 0 Å². The lowest BCUT2D eigenvalue weighted by Crippen LogP contribution is -2.16. The molecule has 17 aromatic carbocycles. The Bertz CT molecular complexity index is 9790. The van der Waals surface area contributed by atoms with Gasteiger partial charge in [0.05, 0.1) is 95.0 Å². The summed E-state index contributed by atoms with van der Waals surface area (Å²) in [5, 5.41) is 7.18. The summed E-state index contributed by atoms with van der Waals surface area (Å²) in [5.74, 6) is 4.50. The summed E-state index contributed by atoms with van der Waals surface area (Å²) in [6.45, 7) is 14.1. The van der Waals surface area contributed by atoms with E-state index < -0.39 is 0 Å². The van der Waals surface area contributed by atoms with Gasteiger partial charge in [-0.1, -0.05) is 351 Å². The van der Waals surface area contributed by atoms with Gasteiger partial charge >= 0.3 is 0 Å². The fraction of sp³-hybridized carbons (Fsp3) is 0.0682. The van der Waals surface area contributed by atoms with E-state index in [1.165, 1.54) is 72.2 Å². The maximum absolute atomic E-state index is 5.45. The Morgan fingerprint density at radius 2 is 0.497 bits per heavy atom. The van der Waals surface area contributed by atoms with Gasteiger partial charge in [-0.2, -0.15) is 0 Å². The highest BCUT2D eigenvalue weighted by atomic mass is 15.2. The molecular weight excluding hydrogens is 1800 g/mol. The lowest BCUT2D eigenvalue weighted by molar-refractivity contribution is 0.646. The van der Waals surface area contributed by atoms with E-state index in [2.05, 4.69) is 497 Å². The van der Waals surface area contributed by atoms with Crippen molar-refractivity contribution in [3.8, 4) is 137 Å². The second-order valence-electron chi connectivity index (χ2n) is 40.0. The number of rotatable bonds is 13. The van der Waals surface area contributed by atoms with Crippen LogP contribution < -0.4 is 0 Å². The van der Waals surface area contributed by atoms with E-state index in [9.17, 15) is 0 Å². The van der Waals surface area contributed by atoms with Crippen LogP contribution in [0, 0.1) is 0 Å². The smallest absolute Gasteiger partial charge is 0.181 e. The van der Waals surface area contributed by atoms with Crippen molar-refractivity contribution in [2.24, 2.45) is 0 Å². The number of benzene rings is 17. The Morgan fingerprint density at radius 1 is 0.197 bits per heavy atom. The summed E-state index contributed by atoms with van der Waals surface area (Å²) in [4.78, 5) is 36.7. The van der Waals surface area contributed by atoms with Crippen LogP contribution in [0.25, 0.3) is 224 Å². The topological polar surface area (TPSA) is 130 Å². The first-order chi connectivity index (χ1) is 72.3. The van der Waals surface area contributed by atoms with Crippen LogP contribution in [0.5, 0.6) is 0 Å². The first-order valence-electron chi connectivity index (χ1n) is 50.3. The molecule has 0 atom stereocenters.